The monoisotopic (exact) mass is 392 g/mol. The Bertz CT molecular complexity index is 332. The first-order valence-corrected chi connectivity index (χ1v) is 8.72. The molecule has 0 saturated heterocycles. The van der Waals surface area contributed by atoms with Crippen molar-refractivity contribution in [3.63, 3.8) is 0 Å². The summed E-state index contributed by atoms with van der Waals surface area (Å²) in [7, 11) is -3.51. The Morgan fingerprint density at radius 3 is 1.44 bits per heavy atom. The van der Waals surface area contributed by atoms with Crippen molar-refractivity contribution in [2.45, 2.75) is 14.1 Å². The van der Waals surface area contributed by atoms with Gasteiger partial charge in [0.05, 0.1) is 0 Å². The van der Waals surface area contributed by atoms with Gasteiger partial charge < -0.3 is 8.85 Å². The van der Waals surface area contributed by atoms with Crippen LogP contribution in [0.15, 0.2) is 12.3 Å². The highest BCUT2D eigenvalue weighted by molar-refractivity contribution is 6.81. The maximum absolute atomic E-state index is 11.3. The van der Waals surface area contributed by atoms with Gasteiger partial charge in [0, 0.05) is 6.55 Å². The molecule has 11 heteroatoms. The van der Waals surface area contributed by atoms with Crippen LogP contribution in [-0.2, 0) is 18.4 Å². The van der Waals surface area contributed by atoms with E-state index < -0.39 is 28.1 Å². The first kappa shape index (κ1) is 18.6. The van der Waals surface area contributed by atoms with Gasteiger partial charge in [-0.15, -0.1) is 6.58 Å². The van der Waals surface area contributed by atoms with Crippen molar-refractivity contribution in [1.82, 2.24) is 0 Å². The number of hydrogen-bond acceptors (Lipinski definition) is 4. The quantitative estimate of drug-likeness (QED) is 0.542. The average molecular weight is 395 g/mol. The summed E-state index contributed by atoms with van der Waals surface area (Å²) >= 11 is 31.8. The van der Waals surface area contributed by atoms with E-state index in [-0.39, 0.29) is 0 Å². The van der Waals surface area contributed by atoms with Crippen LogP contribution in [0.3, 0.4) is 0 Å². The first-order chi connectivity index (χ1) is 7.82. The van der Waals surface area contributed by atoms with E-state index in [2.05, 4.69) is 6.58 Å². The van der Waals surface area contributed by atoms with Crippen molar-refractivity contribution in [2.24, 2.45) is 0 Å². The Morgan fingerprint density at radius 2 is 1.28 bits per heavy atom. The van der Waals surface area contributed by atoms with Crippen LogP contribution in [0.5, 0.6) is 0 Å². The second-order valence-electron chi connectivity index (χ2n) is 2.99. The molecule has 0 aromatic carbocycles. The lowest BCUT2D eigenvalue weighted by molar-refractivity contribution is -0.140. The Morgan fingerprint density at radius 1 is 1.00 bits per heavy atom. The van der Waals surface area contributed by atoms with Gasteiger partial charge in [-0.25, -0.2) is 9.59 Å². The van der Waals surface area contributed by atoms with Crippen molar-refractivity contribution < 1.29 is 18.4 Å². The zero-order chi connectivity index (χ0) is 14.8. The second-order valence-corrected chi connectivity index (χ2v) is 10.4. The van der Waals surface area contributed by atoms with E-state index in [9.17, 15) is 9.59 Å². The van der Waals surface area contributed by atoms with E-state index in [0.717, 1.165) is 5.70 Å². The second kappa shape index (κ2) is 6.39. The molecule has 0 aliphatic rings. The molecule has 104 valence electrons. The molecule has 0 aromatic rings. The smallest absolute Gasteiger partial charge is 0.479 e. The normalized spacial score (nSPS) is 12.8. The van der Waals surface area contributed by atoms with E-state index in [4.69, 9.17) is 78.5 Å². The molecule has 0 rings (SSSR count). The van der Waals surface area contributed by atoms with Gasteiger partial charge in [-0.1, -0.05) is 69.6 Å². The van der Waals surface area contributed by atoms with Gasteiger partial charge in [0.1, 0.15) is 0 Å². The summed E-state index contributed by atoms with van der Waals surface area (Å²) < 4.78 is 4.94. The highest BCUT2D eigenvalue weighted by atomic mass is 35.6. The zero-order valence-electron chi connectivity index (χ0n) is 8.69. The van der Waals surface area contributed by atoms with Gasteiger partial charge in [0.2, 0.25) is 0 Å². The van der Waals surface area contributed by atoms with Crippen molar-refractivity contribution in [3.05, 3.63) is 12.3 Å². The summed E-state index contributed by atoms with van der Waals surface area (Å²) in [5.41, 5.74) is 1.09. The highest BCUT2D eigenvalue weighted by Crippen LogP contribution is 2.32. The van der Waals surface area contributed by atoms with E-state index in [1.54, 1.807) is 0 Å². The summed E-state index contributed by atoms with van der Waals surface area (Å²) in [6, 6.07) is 0. The first-order valence-electron chi connectivity index (χ1n) is 4.06. The predicted octanol–water partition coefficient (Wildman–Crippen LogP) is 3.61. The molecule has 0 amide bonds. The third-order valence-electron chi connectivity index (χ3n) is 1.42. The van der Waals surface area contributed by atoms with Crippen molar-refractivity contribution in [1.29, 1.82) is 0 Å². The molecular weight excluding hydrogens is 389 g/mol. The molecule has 0 fully saturated rings. The van der Waals surface area contributed by atoms with E-state index >= 15 is 0 Å². The van der Waals surface area contributed by atoms with Crippen LogP contribution in [0, 0.1) is 0 Å². The highest BCUT2D eigenvalue weighted by Gasteiger charge is 2.46. The van der Waals surface area contributed by atoms with Gasteiger partial charge in [-0.2, -0.15) is 0 Å². The molecule has 0 N–H and O–H groups in total. The zero-order valence-corrected chi connectivity index (χ0v) is 14.2. The standard InChI is InChI=1S/C7H6Cl6O4Si/c1-3-18(2,16-4(14)6(8,9)10)17-5(15)7(11,12)13/h3H,1H2,2H3. The fraction of sp³-hybridized carbons (Fsp3) is 0.429. The summed E-state index contributed by atoms with van der Waals surface area (Å²) in [6.07, 6.45) is 0. The minimum atomic E-state index is -3.51. The Hall–Kier alpha value is 0.637. The predicted molar refractivity (Wildman–Crippen MR) is 74.6 cm³/mol. The van der Waals surface area contributed by atoms with Gasteiger partial charge in [0.15, 0.2) is 0 Å². The van der Waals surface area contributed by atoms with Crippen molar-refractivity contribution >= 4 is 90.1 Å². The minimum absolute atomic E-state index is 1.09. The van der Waals surface area contributed by atoms with Crippen LogP contribution in [0.2, 0.25) is 6.55 Å². The number of halogens is 6. The number of rotatable bonds is 3. The van der Waals surface area contributed by atoms with Crippen molar-refractivity contribution in [3.8, 4) is 0 Å². The Balaban J connectivity index is 4.90. The van der Waals surface area contributed by atoms with Gasteiger partial charge in [0.25, 0.3) is 7.59 Å². The maximum atomic E-state index is 11.3. The molecule has 0 unspecified atom stereocenters. The van der Waals surface area contributed by atoms with Crippen LogP contribution in [-0.4, -0.2) is 28.1 Å². The summed E-state index contributed by atoms with van der Waals surface area (Å²) in [4.78, 5) is 22.7. The van der Waals surface area contributed by atoms with Crippen molar-refractivity contribution in [2.75, 3.05) is 0 Å². The number of carbonyl (C=O) groups is 2. The van der Waals surface area contributed by atoms with Crippen LogP contribution in [0.25, 0.3) is 0 Å². The molecule has 0 heterocycles. The van der Waals surface area contributed by atoms with Crippen LogP contribution in [0.4, 0.5) is 0 Å². The largest absolute Gasteiger partial charge is 0.488 e. The van der Waals surface area contributed by atoms with Crippen LogP contribution >= 0.6 is 69.6 Å². The lowest BCUT2D eigenvalue weighted by atomic mass is 10.8. The van der Waals surface area contributed by atoms with Gasteiger partial charge in [-0.05, 0) is 5.70 Å². The molecule has 0 saturated carbocycles. The third-order valence-corrected chi connectivity index (χ3v) is 4.27. The summed E-state index contributed by atoms with van der Waals surface area (Å²) in [5.74, 6) is -2.45. The number of carbonyl (C=O) groups excluding carboxylic acids is 2. The number of hydrogen-bond donors (Lipinski definition) is 0. The molecule has 0 aliphatic carbocycles. The molecule has 4 nitrogen and oxygen atoms in total. The van der Waals surface area contributed by atoms with Crippen LogP contribution in [0.1, 0.15) is 0 Å². The van der Waals surface area contributed by atoms with Gasteiger partial charge in [-0.3, -0.25) is 0 Å². The van der Waals surface area contributed by atoms with E-state index in [0.29, 0.717) is 0 Å². The third kappa shape index (κ3) is 6.19. The molecule has 0 spiro atoms. The molecule has 0 atom stereocenters. The van der Waals surface area contributed by atoms with Crippen LogP contribution < -0.4 is 0 Å². The van der Waals surface area contributed by atoms with Gasteiger partial charge >= 0.3 is 20.5 Å². The minimum Gasteiger partial charge on any atom is -0.479 e. The fourth-order valence-corrected chi connectivity index (χ4v) is 2.46. The SMILES string of the molecule is C=C[Si](C)(OC(=O)C(Cl)(Cl)Cl)OC(=O)C(Cl)(Cl)Cl. The number of alkyl halides is 6. The van der Waals surface area contributed by atoms with E-state index in [1.165, 1.54) is 6.55 Å². The molecular formula is C7H6Cl6O4Si. The van der Waals surface area contributed by atoms with E-state index in [1.807, 2.05) is 0 Å². The lowest BCUT2D eigenvalue weighted by Crippen LogP contribution is -2.46. The lowest BCUT2D eigenvalue weighted by Gasteiger charge is -2.25. The maximum Gasteiger partial charge on any atom is 0.488 e. The summed E-state index contributed by atoms with van der Waals surface area (Å²) in [5, 5.41) is 0. The topological polar surface area (TPSA) is 52.6 Å². The average Bonchev–Trinajstić information content (AvgIpc) is 2.14. The Labute approximate surface area is 134 Å². The molecule has 18 heavy (non-hydrogen) atoms. The summed E-state index contributed by atoms with van der Waals surface area (Å²) in [6.45, 7) is 4.63. The molecule has 0 aliphatic heterocycles. The molecule has 0 radical (unpaired) electrons. The molecule has 0 aromatic heterocycles. The fourth-order valence-electron chi connectivity index (χ4n) is 0.588. The Kier molecular flexibility index (Phi) is 6.62. The molecule has 0 bridgehead atoms.